The number of allylic oxidation sites excluding steroid dienone is 1. The molecule has 1 saturated heterocycles. The largest absolute Gasteiger partial charge is 0.347 e. The number of rotatable bonds is 1. The zero-order chi connectivity index (χ0) is 11.7. The molecule has 90 valence electrons. The highest BCUT2D eigenvalue weighted by molar-refractivity contribution is 6.29. The van der Waals surface area contributed by atoms with Crippen LogP contribution in [-0.4, -0.2) is 29.2 Å². The van der Waals surface area contributed by atoms with Crippen LogP contribution in [0.3, 0.4) is 0 Å². The van der Waals surface area contributed by atoms with E-state index in [0.717, 1.165) is 25.0 Å². The van der Waals surface area contributed by atoms with Crippen LogP contribution in [-0.2, 0) is 9.47 Å². The zero-order valence-electron chi connectivity index (χ0n) is 9.36. The van der Waals surface area contributed by atoms with Gasteiger partial charge in [0, 0.05) is 12.8 Å². The lowest BCUT2D eigenvalue weighted by molar-refractivity contribution is -0.159. The summed E-state index contributed by atoms with van der Waals surface area (Å²) in [5.41, 5.74) is 2.08. The summed E-state index contributed by atoms with van der Waals surface area (Å²) in [6, 6.07) is 3.66. The molecule has 1 aromatic rings. The van der Waals surface area contributed by atoms with Gasteiger partial charge in [0.15, 0.2) is 10.9 Å². The van der Waals surface area contributed by atoms with Gasteiger partial charge in [-0.05, 0) is 24.1 Å². The molecule has 0 atom stereocenters. The van der Waals surface area contributed by atoms with E-state index in [1.54, 1.807) is 6.07 Å². The first-order valence-electron chi connectivity index (χ1n) is 5.74. The van der Waals surface area contributed by atoms with Crippen LogP contribution in [0.25, 0.3) is 5.57 Å². The summed E-state index contributed by atoms with van der Waals surface area (Å²) < 4.78 is 11.3. The summed E-state index contributed by atoms with van der Waals surface area (Å²) in [6.07, 6.45) is 4.69. The second kappa shape index (κ2) is 4.37. The Morgan fingerprint density at radius 1 is 1.18 bits per heavy atom. The Kier molecular flexibility index (Phi) is 2.86. The highest BCUT2D eigenvalue weighted by Crippen LogP contribution is 2.37. The Labute approximate surface area is 105 Å². The van der Waals surface area contributed by atoms with Gasteiger partial charge in [0.2, 0.25) is 0 Å². The smallest absolute Gasteiger partial charge is 0.172 e. The van der Waals surface area contributed by atoms with E-state index in [4.69, 9.17) is 21.1 Å². The third-order valence-electron chi connectivity index (χ3n) is 3.21. The number of ether oxygens (including phenoxy) is 2. The molecular weight excluding hydrogens is 240 g/mol. The lowest BCUT2D eigenvalue weighted by atomic mass is 9.92. The van der Waals surface area contributed by atoms with Crippen LogP contribution >= 0.6 is 11.6 Å². The predicted molar refractivity (Wildman–Crippen MR) is 63.5 cm³/mol. The molecule has 3 rings (SSSR count). The summed E-state index contributed by atoms with van der Waals surface area (Å²) in [7, 11) is 0. The fraction of sp³-hybridized carbons (Fsp3) is 0.500. The lowest BCUT2D eigenvalue weighted by Crippen LogP contribution is -2.31. The Morgan fingerprint density at radius 3 is 2.59 bits per heavy atom. The van der Waals surface area contributed by atoms with Crippen LogP contribution in [0.2, 0.25) is 5.15 Å². The Balaban J connectivity index is 1.78. The van der Waals surface area contributed by atoms with Gasteiger partial charge in [-0.3, -0.25) is 0 Å². The maximum absolute atomic E-state index is 5.72. The van der Waals surface area contributed by atoms with Gasteiger partial charge in [0.1, 0.15) is 0 Å². The van der Waals surface area contributed by atoms with E-state index in [9.17, 15) is 0 Å². The maximum atomic E-state index is 5.72. The molecule has 17 heavy (non-hydrogen) atoms. The fourth-order valence-electron chi connectivity index (χ4n) is 2.29. The second-order valence-electron chi connectivity index (χ2n) is 4.28. The molecule has 1 fully saturated rings. The third kappa shape index (κ3) is 2.20. The van der Waals surface area contributed by atoms with E-state index >= 15 is 0 Å². The second-order valence-corrected chi connectivity index (χ2v) is 4.67. The van der Waals surface area contributed by atoms with Crippen molar-refractivity contribution in [2.45, 2.75) is 25.0 Å². The van der Waals surface area contributed by atoms with Gasteiger partial charge in [-0.2, -0.15) is 0 Å². The molecule has 5 heteroatoms. The molecule has 0 saturated carbocycles. The molecule has 0 bridgehead atoms. The van der Waals surface area contributed by atoms with Crippen LogP contribution in [0.5, 0.6) is 0 Å². The van der Waals surface area contributed by atoms with Crippen LogP contribution in [0.15, 0.2) is 18.2 Å². The SMILES string of the molecule is Clc1ccc(C2=CCC3(CC2)OCCO3)nn1. The molecule has 1 aromatic heterocycles. The van der Waals surface area contributed by atoms with Crippen LogP contribution in [0.4, 0.5) is 0 Å². The fourth-order valence-corrected chi connectivity index (χ4v) is 2.39. The van der Waals surface area contributed by atoms with Crippen LogP contribution < -0.4 is 0 Å². The number of nitrogens with zero attached hydrogens (tertiary/aromatic N) is 2. The minimum atomic E-state index is -0.372. The minimum absolute atomic E-state index is 0.372. The number of hydrogen-bond acceptors (Lipinski definition) is 4. The summed E-state index contributed by atoms with van der Waals surface area (Å²) in [5.74, 6) is -0.372. The Morgan fingerprint density at radius 2 is 2.00 bits per heavy atom. The standard InChI is InChI=1S/C12H13ClN2O2/c13-11-2-1-10(14-15-11)9-3-5-12(6-4-9)16-7-8-17-12/h1-3H,4-8H2. The monoisotopic (exact) mass is 252 g/mol. The molecule has 2 aliphatic rings. The molecule has 0 N–H and O–H groups in total. The molecule has 0 unspecified atom stereocenters. The number of aromatic nitrogens is 2. The summed E-state index contributed by atoms with van der Waals surface area (Å²) in [5, 5.41) is 8.36. The van der Waals surface area contributed by atoms with Crippen molar-refractivity contribution in [3.8, 4) is 0 Å². The van der Waals surface area contributed by atoms with E-state index < -0.39 is 0 Å². The first kappa shape index (κ1) is 11.1. The molecule has 4 nitrogen and oxygen atoms in total. The Hall–Kier alpha value is -0.970. The molecule has 1 aliphatic heterocycles. The molecule has 0 aromatic carbocycles. The Bertz CT molecular complexity index is 438. The predicted octanol–water partition coefficient (Wildman–Crippen LogP) is 2.44. The first-order valence-corrected chi connectivity index (χ1v) is 6.12. The average molecular weight is 253 g/mol. The topological polar surface area (TPSA) is 44.2 Å². The van der Waals surface area contributed by atoms with Gasteiger partial charge in [-0.1, -0.05) is 17.7 Å². The van der Waals surface area contributed by atoms with Crippen molar-refractivity contribution in [1.82, 2.24) is 10.2 Å². The highest BCUT2D eigenvalue weighted by Gasteiger charge is 2.37. The van der Waals surface area contributed by atoms with Crippen LogP contribution in [0, 0.1) is 0 Å². The van der Waals surface area contributed by atoms with Gasteiger partial charge in [-0.15, -0.1) is 10.2 Å². The van der Waals surface area contributed by atoms with E-state index in [-0.39, 0.29) is 5.79 Å². The third-order valence-corrected chi connectivity index (χ3v) is 3.41. The molecule has 0 amide bonds. The van der Waals surface area contributed by atoms with Crippen molar-refractivity contribution in [3.05, 3.63) is 29.1 Å². The summed E-state index contributed by atoms with van der Waals surface area (Å²) in [4.78, 5) is 0. The molecule has 0 radical (unpaired) electrons. The molecule has 2 heterocycles. The average Bonchev–Trinajstić information content (AvgIpc) is 2.80. The van der Waals surface area contributed by atoms with E-state index in [2.05, 4.69) is 16.3 Å². The number of hydrogen-bond donors (Lipinski definition) is 0. The van der Waals surface area contributed by atoms with E-state index in [0.29, 0.717) is 18.4 Å². The maximum Gasteiger partial charge on any atom is 0.172 e. The van der Waals surface area contributed by atoms with Crippen LogP contribution in [0.1, 0.15) is 25.0 Å². The quantitative estimate of drug-likeness (QED) is 0.770. The van der Waals surface area contributed by atoms with Crippen molar-refractivity contribution in [2.75, 3.05) is 13.2 Å². The first-order chi connectivity index (χ1) is 8.27. The van der Waals surface area contributed by atoms with Gasteiger partial charge >= 0.3 is 0 Å². The van der Waals surface area contributed by atoms with Gasteiger partial charge < -0.3 is 9.47 Å². The zero-order valence-corrected chi connectivity index (χ0v) is 10.1. The highest BCUT2D eigenvalue weighted by atomic mass is 35.5. The minimum Gasteiger partial charge on any atom is -0.347 e. The van der Waals surface area contributed by atoms with E-state index in [1.165, 1.54) is 5.57 Å². The normalized spacial score (nSPS) is 22.8. The van der Waals surface area contributed by atoms with Gasteiger partial charge in [0.25, 0.3) is 0 Å². The molecule has 1 aliphatic carbocycles. The molecule has 1 spiro atoms. The summed E-state index contributed by atoms with van der Waals surface area (Å²) >= 11 is 5.72. The van der Waals surface area contributed by atoms with Gasteiger partial charge in [-0.25, -0.2) is 0 Å². The van der Waals surface area contributed by atoms with Crippen molar-refractivity contribution >= 4 is 17.2 Å². The van der Waals surface area contributed by atoms with Gasteiger partial charge in [0.05, 0.1) is 18.9 Å². The van der Waals surface area contributed by atoms with Crippen molar-refractivity contribution < 1.29 is 9.47 Å². The molecular formula is C12H13ClN2O2. The summed E-state index contributed by atoms with van der Waals surface area (Å²) in [6.45, 7) is 1.40. The lowest BCUT2D eigenvalue weighted by Gasteiger charge is -2.30. The van der Waals surface area contributed by atoms with Crippen molar-refractivity contribution in [3.63, 3.8) is 0 Å². The van der Waals surface area contributed by atoms with Crippen molar-refractivity contribution in [1.29, 1.82) is 0 Å². The number of halogens is 1. The van der Waals surface area contributed by atoms with E-state index in [1.807, 2.05) is 6.07 Å². The van der Waals surface area contributed by atoms with Crippen molar-refractivity contribution in [2.24, 2.45) is 0 Å².